The molecule has 0 aliphatic carbocycles. The first kappa shape index (κ1) is 21.9. The molecule has 134 valence electrons. The monoisotopic (exact) mass is 322 g/mol. The van der Waals surface area contributed by atoms with Crippen LogP contribution in [0.5, 0.6) is 0 Å². The third-order valence-electron chi connectivity index (χ3n) is 3.89. The van der Waals surface area contributed by atoms with Crippen LogP contribution in [-0.2, 0) is 9.53 Å². The number of carbonyl (C=O) groups excluding carboxylic acids is 1. The van der Waals surface area contributed by atoms with E-state index in [2.05, 4.69) is 32.1 Å². The maximum atomic E-state index is 11.6. The molecule has 0 aromatic rings. The van der Waals surface area contributed by atoms with Gasteiger partial charge in [0, 0.05) is 6.42 Å². The first-order valence-corrected chi connectivity index (χ1v) is 9.76. The van der Waals surface area contributed by atoms with E-state index in [1.807, 2.05) is 6.08 Å². The van der Waals surface area contributed by atoms with E-state index in [4.69, 9.17) is 4.74 Å². The highest BCUT2D eigenvalue weighted by atomic mass is 16.5. The highest BCUT2D eigenvalue weighted by Crippen LogP contribution is 2.10. The Hall–Kier alpha value is -1.05. The summed E-state index contributed by atoms with van der Waals surface area (Å²) >= 11 is 0. The van der Waals surface area contributed by atoms with E-state index < -0.39 is 0 Å². The van der Waals surface area contributed by atoms with Gasteiger partial charge in [-0.1, -0.05) is 89.5 Å². The standard InChI is InChI=1S/C21H38O2/c1-3-5-7-9-11-12-13-15-17-19-21(22)23-20-18-16-14-10-8-6-4-2/h6,8,16,18H,3-5,7,9-15,17,19-20H2,1-2H3. The minimum atomic E-state index is -0.0523. The molecule has 0 amide bonds. The molecule has 2 heteroatoms. The first-order valence-electron chi connectivity index (χ1n) is 9.76. The number of esters is 1. The van der Waals surface area contributed by atoms with Crippen molar-refractivity contribution in [2.45, 2.75) is 97.3 Å². The number of allylic oxidation sites excluding steroid dienone is 3. The lowest BCUT2D eigenvalue weighted by Crippen LogP contribution is -2.03. The Bertz CT molecular complexity index is 305. The Morgan fingerprint density at radius 1 is 0.739 bits per heavy atom. The van der Waals surface area contributed by atoms with Crippen LogP contribution in [0.1, 0.15) is 97.3 Å². The van der Waals surface area contributed by atoms with Gasteiger partial charge in [-0.05, 0) is 25.7 Å². The van der Waals surface area contributed by atoms with Gasteiger partial charge in [-0.2, -0.15) is 0 Å². The Morgan fingerprint density at radius 3 is 1.91 bits per heavy atom. The average molecular weight is 323 g/mol. The van der Waals surface area contributed by atoms with Gasteiger partial charge < -0.3 is 4.74 Å². The molecule has 0 rings (SSSR count). The fourth-order valence-corrected chi connectivity index (χ4v) is 2.46. The molecule has 2 nitrogen and oxygen atoms in total. The van der Waals surface area contributed by atoms with Crippen LogP contribution in [-0.4, -0.2) is 12.6 Å². The van der Waals surface area contributed by atoms with Crippen molar-refractivity contribution in [3.05, 3.63) is 24.3 Å². The molecule has 0 aliphatic heterocycles. The van der Waals surface area contributed by atoms with Gasteiger partial charge in [-0.3, -0.25) is 4.79 Å². The Kier molecular flexibility index (Phi) is 18.1. The van der Waals surface area contributed by atoms with Crippen molar-refractivity contribution >= 4 is 5.97 Å². The van der Waals surface area contributed by atoms with Crippen molar-refractivity contribution in [2.24, 2.45) is 0 Å². The molecule has 0 fully saturated rings. The fraction of sp³-hybridized carbons (Fsp3) is 0.762. The topological polar surface area (TPSA) is 26.3 Å². The minimum absolute atomic E-state index is 0.0523. The van der Waals surface area contributed by atoms with Crippen LogP contribution in [0.2, 0.25) is 0 Å². The van der Waals surface area contributed by atoms with Gasteiger partial charge in [0.15, 0.2) is 0 Å². The van der Waals surface area contributed by atoms with E-state index in [9.17, 15) is 4.79 Å². The van der Waals surface area contributed by atoms with Gasteiger partial charge in [-0.15, -0.1) is 0 Å². The quantitative estimate of drug-likeness (QED) is 0.178. The maximum absolute atomic E-state index is 11.6. The normalized spacial score (nSPS) is 11.6. The lowest BCUT2D eigenvalue weighted by molar-refractivity contribution is -0.142. The lowest BCUT2D eigenvalue weighted by Gasteiger charge is -2.03. The zero-order chi connectivity index (χ0) is 17.0. The zero-order valence-electron chi connectivity index (χ0n) is 15.5. The molecule has 0 saturated carbocycles. The van der Waals surface area contributed by atoms with Gasteiger partial charge in [-0.25, -0.2) is 0 Å². The molecule has 0 atom stereocenters. The molecule has 0 saturated heterocycles. The highest BCUT2D eigenvalue weighted by molar-refractivity contribution is 5.69. The van der Waals surface area contributed by atoms with Crippen LogP contribution in [0.15, 0.2) is 24.3 Å². The fourth-order valence-electron chi connectivity index (χ4n) is 2.46. The summed E-state index contributed by atoms with van der Waals surface area (Å²) in [5.41, 5.74) is 0. The molecule has 0 radical (unpaired) electrons. The number of unbranched alkanes of at least 4 members (excludes halogenated alkanes) is 9. The first-order chi connectivity index (χ1) is 11.3. The van der Waals surface area contributed by atoms with Gasteiger partial charge >= 0.3 is 5.97 Å². The van der Waals surface area contributed by atoms with E-state index in [1.165, 1.54) is 44.9 Å². The average Bonchev–Trinajstić information content (AvgIpc) is 2.56. The summed E-state index contributed by atoms with van der Waals surface area (Å²) in [6.07, 6.45) is 23.7. The van der Waals surface area contributed by atoms with Crippen molar-refractivity contribution < 1.29 is 9.53 Å². The number of hydrogen-bond donors (Lipinski definition) is 0. The number of hydrogen-bond acceptors (Lipinski definition) is 2. The van der Waals surface area contributed by atoms with Gasteiger partial charge in [0.05, 0.1) is 0 Å². The number of carbonyl (C=O) groups is 1. The van der Waals surface area contributed by atoms with E-state index in [0.29, 0.717) is 13.0 Å². The zero-order valence-corrected chi connectivity index (χ0v) is 15.5. The summed E-state index contributed by atoms with van der Waals surface area (Å²) in [5, 5.41) is 0. The van der Waals surface area contributed by atoms with Gasteiger partial charge in [0.25, 0.3) is 0 Å². The molecule has 0 aliphatic rings. The summed E-state index contributed by atoms with van der Waals surface area (Å²) in [4.78, 5) is 11.6. The molecule has 23 heavy (non-hydrogen) atoms. The van der Waals surface area contributed by atoms with Crippen LogP contribution < -0.4 is 0 Å². The molecule has 0 N–H and O–H groups in total. The van der Waals surface area contributed by atoms with Crippen molar-refractivity contribution in [1.29, 1.82) is 0 Å². The highest BCUT2D eigenvalue weighted by Gasteiger charge is 2.01. The van der Waals surface area contributed by atoms with E-state index in [0.717, 1.165) is 32.1 Å². The van der Waals surface area contributed by atoms with E-state index in [1.54, 1.807) is 0 Å². The van der Waals surface area contributed by atoms with Crippen LogP contribution in [0.4, 0.5) is 0 Å². The molecule has 0 unspecified atom stereocenters. The largest absolute Gasteiger partial charge is 0.461 e. The molecular formula is C21H38O2. The van der Waals surface area contributed by atoms with Crippen LogP contribution >= 0.6 is 0 Å². The molecular weight excluding hydrogens is 284 g/mol. The second kappa shape index (κ2) is 19.0. The van der Waals surface area contributed by atoms with Crippen molar-refractivity contribution in [3.8, 4) is 0 Å². The van der Waals surface area contributed by atoms with Crippen LogP contribution in [0, 0.1) is 0 Å². The van der Waals surface area contributed by atoms with Crippen LogP contribution in [0.25, 0.3) is 0 Å². The molecule has 0 bridgehead atoms. The second-order valence-corrected chi connectivity index (χ2v) is 6.19. The van der Waals surface area contributed by atoms with Crippen molar-refractivity contribution in [3.63, 3.8) is 0 Å². The summed E-state index contributed by atoms with van der Waals surface area (Å²) in [6, 6.07) is 0. The van der Waals surface area contributed by atoms with Crippen molar-refractivity contribution in [1.82, 2.24) is 0 Å². The van der Waals surface area contributed by atoms with Gasteiger partial charge in [0.1, 0.15) is 6.61 Å². The second-order valence-electron chi connectivity index (χ2n) is 6.19. The van der Waals surface area contributed by atoms with Gasteiger partial charge in [0.2, 0.25) is 0 Å². The minimum Gasteiger partial charge on any atom is -0.461 e. The summed E-state index contributed by atoms with van der Waals surface area (Å²) in [6.45, 7) is 4.81. The SMILES string of the molecule is CCC=CCCC=CCOC(=O)CCCCCCCCCCC. The predicted molar refractivity (Wildman–Crippen MR) is 101 cm³/mol. The third kappa shape index (κ3) is 18.9. The molecule has 0 aromatic heterocycles. The molecule has 0 aromatic carbocycles. The Labute approximate surface area is 144 Å². The smallest absolute Gasteiger partial charge is 0.306 e. The Morgan fingerprint density at radius 2 is 1.30 bits per heavy atom. The predicted octanol–water partition coefficient (Wildman–Crippen LogP) is 6.75. The summed E-state index contributed by atoms with van der Waals surface area (Å²) in [7, 11) is 0. The third-order valence-corrected chi connectivity index (χ3v) is 3.89. The lowest BCUT2D eigenvalue weighted by atomic mass is 10.1. The maximum Gasteiger partial charge on any atom is 0.306 e. The molecule has 0 spiro atoms. The molecule has 0 heterocycles. The summed E-state index contributed by atoms with van der Waals surface area (Å²) < 4.78 is 5.20. The summed E-state index contributed by atoms with van der Waals surface area (Å²) in [5.74, 6) is -0.0523. The van der Waals surface area contributed by atoms with E-state index >= 15 is 0 Å². The Balaban J connectivity index is 3.27. The van der Waals surface area contributed by atoms with Crippen LogP contribution in [0.3, 0.4) is 0 Å². The number of ether oxygens (including phenoxy) is 1. The number of rotatable bonds is 16. The van der Waals surface area contributed by atoms with E-state index in [-0.39, 0.29) is 5.97 Å². The van der Waals surface area contributed by atoms with Crippen molar-refractivity contribution in [2.75, 3.05) is 6.61 Å².